The highest BCUT2D eigenvalue weighted by Gasteiger charge is 2.66. The van der Waals surface area contributed by atoms with Crippen LogP contribution in [0.5, 0.6) is 0 Å². The largest absolute Gasteiger partial charge is 0.349 e. The van der Waals surface area contributed by atoms with Crippen LogP contribution in [0, 0.1) is 0 Å². The third-order valence-corrected chi connectivity index (χ3v) is 6.47. The SMILES string of the molecule is COC1(NC(=O)Cc2ccccc2)C(=O)N(C(C)(C)C)C1[SiH](C)C. The molecule has 1 aliphatic heterocycles. The molecule has 1 aromatic carbocycles. The van der Waals surface area contributed by atoms with E-state index in [0.29, 0.717) is 0 Å². The monoisotopic (exact) mass is 348 g/mol. The standard InChI is InChI=1S/C18H28N2O3Si/c1-17(2,3)20-15(22)18(23-4,16(20)24(5)6)19-14(21)12-13-10-8-7-9-11-13/h7-11,16,24H,12H2,1-6H3,(H,19,21). The lowest BCUT2D eigenvalue weighted by Crippen LogP contribution is -2.86. The summed E-state index contributed by atoms with van der Waals surface area (Å²) < 4.78 is 5.61. The third-order valence-electron chi connectivity index (χ3n) is 4.44. The van der Waals surface area contributed by atoms with Crippen LogP contribution in [0.1, 0.15) is 26.3 Å². The number of ether oxygens (including phenoxy) is 1. The molecule has 1 aliphatic rings. The number of carbonyl (C=O) groups excluding carboxylic acids is 2. The molecule has 0 radical (unpaired) electrons. The fourth-order valence-corrected chi connectivity index (χ4v) is 5.94. The van der Waals surface area contributed by atoms with Gasteiger partial charge in [0, 0.05) is 12.6 Å². The maximum Gasteiger partial charge on any atom is 0.278 e. The lowest BCUT2D eigenvalue weighted by atomic mass is 9.92. The number of hydrogen-bond donors (Lipinski definition) is 1. The zero-order valence-electron chi connectivity index (χ0n) is 15.4. The molecule has 2 amide bonds. The van der Waals surface area contributed by atoms with Gasteiger partial charge < -0.3 is 15.0 Å². The Bertz CT molecular complexity index is 612. The van der Waals surface area contributed by atoms with E-state index in [1.54, 1.807) is 0 Å². The van der Waals surface area contributed by atoms with Crippen molar-refractivity contribution < 1.29 is 14.3 Å². The molecular weight excluding hydrogens is 320 g/mol. The molecule has 1 aromatic rings. The molecule has 1 N–H and O–H groups in total. The minimum absolute atomic E-state index is 0.0604. The zero-order valence-corrected chi connectivity index (χ0v) is 16.6. The molecule has 0 saturated carbocycles. The van der Waals surface area contributed by atoms with Crippen LogP contribution in [0.15, 0.2) is 30.3 Å². The first kappa shape index (κ1) is 18.7. The van der Waals surface area contributed by atoms with E-state index in [4.69, 9.17) is 4.74 Å². The van der Waals surface area contributed by atoms with Crippen molar-refractivity contribution in [1.82, 2.24) is 10.2 Å². The highest BCUT2D eigenvalue weighted by Crippen LogP contribution is 2.39. The number of carbonyl (C=O) groups is 2. The molecule has 2 unspecified atom stereocenters. The van der Waals surface area contributed by atoms with E-state index in [2.05, 4.69) is 18.4 Å². The highest BCUT2D eigenvalue weighted by atomic mass is 28.3. The Morgan fingerprint density at radius 1 is 1.29 bits per heavy atom. The van der Waals surface area contributed by atoms with Gasteiger partial charge in [-0.3, -0.25) is 9.59 Å². The lowest BCUT2D eigenvalue weighted by molar-refractivity contribution is -0.207. The third kappa shape index (κ3) is 3.25. The Morgan fingerprint density at radius 3 is 2.33 bits per heavy atom. The summed E-state index contributed by atoms with van der Waals surface area (Å²) in [7, 11) is 0.209. The Morgan fingerprint density at radius 2 is 1.88 bits per heavy atom. The average Bonchev–Trinajstić information content (AvgIpc) is 2.48. The molecular formula is C18H28N2O3Si. The number of methoxy groups -OCH3 is 1. The smallest absolute Gasteiger partial charge is 0.278 e. The van der Waals surface area contributed by atoms with E-state index in [1.807, 2.05) is 56.0 Å². The second-order valence-electron chi connectivity index (χ2n) is 7.69. The van der Waals surface area contributed by atoms with E-state index in [9.17, 15) is 9.59 Å². The summed E-state index contributed by atoms with van der Waals surface area (Å²) in [6.07, 6.45) is 0.237. The van der Waals surface area contributed by atoms with Gasteiger partial charge in [-0.25, -0.2) is 0 Å². The second-order valence-corrected chi connectivity index (χ2v) is 10.8. The number of benzene rings is 1. The van der Waals surface area contributed by atoms with Crippen LogP contribution in [0.4, 0.5) is 0 Å². The van der Waals surface area contributed by atoms with E-state index >= 15 is 0 Å². The van der Waals surface area contributed by atoms with Gasteiger partial charge in [-0.1, -0.05) is 43.4 Å². The van der Waals surface area contributed by atoms with Gasteiger partial charge in [-0.05, 0) is 26.3 Å². The van der Waals surface area contributed by atoms with E-state index in [1.165, 1.54) is 7.11 Å². The van der Waals surface area contributed by atoms with Gasteiger partial charge in [0.2, 0.25) is 11.6 Å². The van der Waals surface area contributed by atoms with Gasteiger partial charge >= 0.3 is 0 Å². The van der Waals surface area contributed by atoms with Crippen LogP contribution in [0.3, 0.4) is 0 Å². The van der Waals surface area contributed by atoms with Crippen LogP contribution < -0.4 is 5.32 Å². The fourth-order valence-electron chi connectivity index (χ4n) is 3.46. The van der Waals surface area contributed by atoms with Crippen LogP contribution in [-0.4, -0.2) is 49.5 Å². The first-order valence-corrected chi connectivity index (χ1v) is 11.3. The molecule has 1 fully saturated rings. The maximum absolute atomic E-state index is 12.9. The molecule has 1 heterocycles. The number of likely N-dealkylation sites (tertiary alicyclic amines) is 1. The molecule has 2 atom stereocenters. The van der Waals surface area contributed by atoms with Crippen LogP contribution in [-0.2, 0) is 20.7 Å². The van der Waals surface area contributed by atoms with Crippen molar-refractivity contribution in [3.8, 4) is 0 Å². The Labute approximate surface area is 146 Å². The number of β-lactam (4-membered cyclic amide) rings is 1. The Balaban J connectivity index is 2.21. The van der Waals surface area contributed by atoms with Crippen molar-refractivity contribution in [1.29, 1.82) is 0 Å². The summed E-state index contributed by atoms with van der Waals surface area (Å²) in [6, 6.07) is 9.51. The minimum Gasteiger partial charge on any atom is -0.349 e. The molecule has 5 nitrogen and oxygen atoms in total. The van der Waals surface area contributed by atoms with Gasteiger partial charge in [0.25, 0.3) is 5.91 Å². The topological polar surface area (TPSA) is 58.6 Å². The molecule has 0 aliphatic carbocycles. The fraction of sp³-hybridized carbons (Fsp3) is 0.556. The average molecular weight is 349 g/mol. The van der Waals surface area contributed by atoms with Gasteiger partial charge in [0.1, 0.15) is 0 Å². The number of rotatable bonds is 5. The predicted octanol–water partition coefficient (Wildman–Crippen LogP) is 1.72. The van der Waals surface area contributed by atoms with Crippen molar-refractivity contribution in [3.63, 3.8) is 0 Å². The molecule has 0 aromatic heterocycles. The minimum atomic E-state index is -1.29. The lowest BCUT2D eigenvalue weighted by Gasteiger charge is -2.61. The predicted molar refractivity (Wildman–Crippen MR) is 97.3 cm³/mol. The molecule has 132 valence electrons. The number of amides is 2. The summed E-state index contributed by atoms with van der Waals surface area (Å²) in [5.74, 6) is -0.338. The number of nitrogens with zero attached hydrogens (tertiary/aromatic N) is 1. The summed E-state index contributed by atoms with van der Waals surface area (Å²) >= 11 is 0. The van der Waals surface area contributed by atoms with Crippen molar-refractivity contribution in [2.75, 3.05) is 7.11 Å². The quantitative estimate of drug-likeness (QED) is 0.501. The molecule has 24 heavy (non-hydrogen) atoms. The van der Waals surface area contributed by atoms with Crippen LogP contribution >= 0.6 is 0 Å². The summed E-state index contributed by atoms with van der Waals surface area (Å²) in [5, 5.41) is 2.89. The Hall–Kier alpha value is -1.66. The van der Waals surface area contributed by atoms with Gasteiger partial charge in [-0.2, -0.15) is 0 Å². The van der Waals surface area contributed by atoms with Crippen molar-refractivity contribution in [3.05, 3.63) is 35.9 Å². The first-order valence-electron chi connectivity index (χ1n) is 8.37. The maximum atomic E-state index is 12.9. The molecule has 2 rings (SSSR count). The summed E-state index contributed by atoms with van der Waals surface area (Å²) in [4.78, 5) is 27.2. The summed E-state index contributed by atoms with van der Waals surface area (Å²) in [6.45, 7) is 10.4. The Kier molecular flexibility index (Phi) is 5.20. The van der Waals surface area contributed by atoms with Gasteiger partial charge in [0.15, 0.2) is 0 Å². The zero-order chi connectivity index (χ0) is 18.1. The van der Waals surface area contributed by atoms with Crippen molar-refractivity contribution in [2.24, 2.45) is 0 Å². The summed E-state index contributed by atoms with van der Waals surface area (Å²) in [5.41, 5.74) is -0.640. The van der Waals surface area contributed by atoms with Gasteiger partial charge in [-0.15, -0.1) is 0 Å². The first-order chi connectivity index (χ1) is 11.1. The normalized spacial score (nSPS) is 24.0. The molecule has 0 bridgehead atoms. The van der Waals surface area contributed by atoms with E-state index in [-0.39, 0.29) is 29.4 Å². The van der Waals surface area contributed by atoms with E-state index in [0.717, 1.165) is 5.56 Å². The van der Waals surface area contributed by atoms with Crippen LogP contribution in [0.2, 0.25) is 13.1 Å². The molecule has 1 saturated heterocycles. The van der Waals surface area contributed by atoms with E-state index < -0.39 is 14.5 Å². The van der Waals surface area contributed by atoms with Crippen LogP contribution in [0.25, 0.3) is 0 Å². The molecule has 6 heteroatoms. The highest BCUT2D eigenvalue weighted by molar-refractivity contribution is 6.60. The van der Waals surface area contributed by atoms with Crippen molar-refractivity contribution in [2.45, 2.75) is 57.2 Å². The van der Waals surface area contributed by atoms with Crippen molar-refractivity contribution >= 4 is 20.6 Å². The molecule has 0 spiro atoms. The van der Waals surface area contributed by atoms with Gasteiger partial charge in [0.05, 0.1) is 20.9 Å². The second kappa shape index (κ2) is 6.68. The number of hydrogen-bond acceptors (Lipinski definition) is 3. The number of nitrogens with one attached hydrogen (secondary N) is 1.